The molecule has 2 amide bonds. The van der Waals surface area contributed by atoms with Crippen LogP contribution in [-0.2, 0) is 19.0 Å². The van der Waals surface area contributed by atoms with Gasteiger partial charge >= 0.3 is 6.09 Å². The molecule has 24 heavy (non-hydrogen) atoms. The number of likely N-dealkylation sites (tertiary alicyclic amines) is 1. The standard InChI is InChI=1S/C18H25NO5/c1-12(22-5)11-23-15-14(13-9-7-6-8-10-13)19(16(15)20)17(21)24-18(2,3)4/h6-10,12,14-15H,11H2,1-5H3. The Bertz CT molecular complexity index is 581. The van der Waals surface area contributed by atoms with Gasteiger partial charge in [-0.15, -0.1) is 0 Å². The number of β-lactam (4-membered cyclic amide) rings is 1. The van der Waals surface area contributed by atoms with Crippen LogP contribution in [0.25, 0.3) is 0 Å². The van der Waals surface area contributed by atoms with Crippen LogP contribution < -0.4 is 0 Å². The monoisotopic (exact) mass is 335 g/mol. The van der Waals surface area contributed by atoms with E-state index in [1.54, 1.807) is 27.9 Å². The third kappa shape index (κ3) is 4.13. The van der Waals surface area contributed by atoms with Crippen LogP contribution in [0.5, 0.6) is 0 Å². The van der Waals surface area contributed by atoms with Gasteiger partial charge in [0, 0.05) is 7.11 Å². The predicted molar refractivity (Wildman–Crippen MR) is 88.5 cm³/mol. The molecule has 0 N–H and O–H groups in total. The summed E-state index contributed by atoms with van der Waals surface area (Å²) >= 11 is 0. The Morgan fingerprint density at radius 1 is 1.25 bits per heavy atom. The van der Waals surface area contributed by atoms with E-state index in [-0.39, 0.29) is 18.6 Å². The Balaban J connectivity index is 2.18. The molecule has 0 saturated carbocycles. The Labute approximate surface area is 142 Å². The zero-order chi connectivity index (χ0) is 17.9. The summed E-state index contributed by atoms with van der Waals surface area (Å²) < 4.78 is 16.2. The van der Waals surface area contributed by atoms with Crippen molar-refractivity contribution in [1.82, 2.24) is 4.90 Å². The zero-order valence-corrected chi connectivity index (χ0v) is 14.8. The van der Waals surface area contributed by atoms with Gasteiger partial charge in [-0.2, -0.15) is 0 Å². The van der Waals surface area contributed by atoms with Crippen LogP contribution in [0, 0.1) is 0 Å². The molecule has 0 radical (unpaired) electrons. The molecule has 3 unspecified atom stereocenters. The first-order chi connectivity index (χ1) is 11.2. The van der Waals surface area contributed by atoms with Crippen molar-refractivity contribution in [3.05, 3.63) is 35.9 Å². The van der Waals surface area contributed by atoms with Gasteiger partial charge in [0.2, 0.25) is 0 Å². The lowest BCUT2D eigenvalue weighted by atomic mass is 9.91. The molecule has 1 fully saturated rings. The molecule has 0 aromatic heterocycles. The molecule has 2 rings (SSSR count). The third-order valence-electron chi connectivity index (χ3n) is 3.69. The fourth-order valence-electron chi connectivity index (χ4n) is 2.42. The average Bonchev–Trinajstić information content (AvgIpc) is 2.51. The van der Waals surface area contributed by atoms with Gasteiger partial charge in [-0.1, -0.05) is 30.3 Å². The van der Waals surface area contributed by atoms with Gasteiger partial charge in [-0.3, -0.25) is 4.79 Å². The minimum absolute atomic E-state index is 0.134. The lowest BCUT2D eigenvalue weighted by Gasteiger charge is -2.45. The van der Waals surface area contributed by atoms with E-state index in [4.69, 9.17) is 14.2 Å². The Kier molecular flexibility index (Phi) is 5.62. The molecule has 3 atom stereocenters. The van der Waals surface area contributed by atoms with Crippen LogP contribution in [0.3, 0.4) is 0 Å². The minimum atomic E-state index is -0.711. The molecule has 0 spiro atoms. The summed E-state index contributed by atoms with van der Waals surface area (Å²) in [7, 11) is 1.58. The summed E-state index contributed by atoms with van der Waals surface area (Å²) in [6, 6.07) is 8.85. The summed E-state index contributed by atoms with van der Waals surface area (Å²) in [5.41, 5.74) is 0.160. The van der Waals surface area contributed by atoms with Crippen LogP contribution in [0.15, 0.2) is 30.3 Å². The Morgan fingerprint density at radius 2 is 1.88 bits per heavy atom. The second-order valence-corrected chi connectivity index (χ2v) is 6.84. The van der Waals surface area contributed by atoms with E-state index in [9.17, 15) is 9.59 Å². The molecular weight excluding hydrogens is 310 g/mol. The van der Waals surface area contributed by atoms with Crippen molar-refractivity contribution in [3.8, 4) is 0 Å². The number of carbonyl (C=O) groups excluding carboxylic acids is 2. The number of nitrogens with zero attached hydrogens (tertiary/aromatic N) is 1. The number of ether oxygens (including phenoxy) is 3. The fraction of sp³-hybridized carbons (Fsp3) is 0.556. The minimum Gasteiger partial charge on any atom is -0.443 e. The third-order valence-corrected chi connectivity index (χ3v) is 3.69. The van der Waals surface area contributed by atoms with Gasteiger partial charge in [-0.05, 0) is 33.3 Å². The summed E-state index contributed by atoms with van der Waals surface area (Å²) in [5, 5.41) is 0. The first-order valence-corrected chi connectivity index (χ1v) is 8.00. The zero-order valence-electron chi connectivity index (χ0n) is 14.8. The van der Waals surface area contributed by atoms with Crippen molar-refractivity contribution in [2.75, 3.05) is 13.7 Å². The largest absolute Gasteiger partial charge is 0.443 e. The van der Waals surface area contributed by atoms with E-state index >= 15 is 0 Å². The number of benzene rings is 1. The first-order valence-electron chi connectivity index (χ1n) is 8.00. The number of amides is 2. The number of methoxy groups -OCH3 is 1. The van der Waals surface area contributed by atoms with Crippen molar-refractivity contribution in [3.63, 3.8) is 0 Å². The SMILES string of the molecule is COC(C)COC1C(=O)N(C(=O)OC(C)(C)C)C1c1ccccc1. The van der Waals surface area contributed by atoms with Gasteiger partial charge < -0.3 is 14.2 Å². The smallest absolute Gasteiger partial charge is 0.417 e. The molecule has 1 aliphatic rings. The Hall–Kier alpha value is -1.92. The highest BCUT2D eigenvalue weighted by Gasteiger charge is 2.53. The maximum Gasteiger partial charge on any atom is 0.417 e. The van der Waals surface area contributed by atoms with E-state index in [0.29, 0.717) is 0 Å². The molecule has 6 heteroatoms. The highest BCUT2D eigenvalue weighted by atomic mass is 16.6. The number of rotatable bonds is 5. The maximum absolute atomic E-state index is 12.4. The van der Waals surface area contributed by atoms with Crippen LogP contribution in [0.1, 0.15) is 39.3 Å². The number of carbonyl (C=O) groups is 2. The molecular formula is C18H25NO5. The quantitative estimate of drug-likeness (QED) is 0.774. The normalized spacial score (nSPS) is 22.0. The van der Waals surface area contributed by atoms with Gasteiger partial charge in [0.1, 0.15) is 11.6 Å². The highest BCUT2D eigenvalue weighted by Crippen LogP contribution is 2.38. The van der Waals surface area contributed by atoms with Gasteiger partial charge in [0.25, 0.3) is 5.91 Å². The number of hydrogen-bond acceptors (Lipinski definition) is 5. The van der Waals surface area contributed by atoms with Crippen LogP contribution in [0.2, 0.25) is 0 Å². The van der Waals surface area contributed by atoms with Gasteiger partial charge in [0.05, 0.1) is 12.7 Å². The van der Waals surface area contributed by atoms with Gasteiger partial charge in [0.15, 0.2) is 6.10 Å². The number of imide groups is 1. The second-order valence-electron chi connectivity index (χ2n) is 6.84. The number of hydrogen-bond donors (Lipinski definition) is 0. The van der Waals surface area contributed by atoms with Crippen molar-refractivity contribution in [1.29, 1.82) is 0 Å². The summed E-state index contributed by atoms with van der Waals surface area (Å²) in [6.45, 7) is 7.42. The van der Waals surface area contributed by atoms with Crippen molar-refractivity contribution >= 4 is 12.0 Å². The summed E-state index contributed by atoms with van der Waals surface area (Å²) in [5.74, 6) is -0.388. The molecule has 0 bridgehead atoms. The van der Waals surface area contributed by atoms with Crippen molar-refractivity contribution in [2.24, 2.45) is 0 Å². The summed E-state index contributed by atoms with van der Waals surface area (Å²) in [6.07, 6.45) is -1.50. The van der Waals surface area contributed by atoms with Crippen LogP contribution in [0.4, 0.5) is 4.79 Å². The fourth-order valence-corrected chi connectivity index (χ4v) is 2.42. The predicted octanol–water partition coefficient (Wildman–Crippen LogP) is 2.93. The van der Waals surface area contributed by atoms with E-state index in [0.717, 1.165) is 10.5 Å². The first kappa shape index (κ1) is 18.4. The second kappa shape index (κ2) is 7.32. The van der Waals surface area contributed by atoms with E-state index in [1.807, 2.05) is 37.3 Å². The van der Waals surface area contributed by atoms with E-state index in [2.05, 4.69) is 0 Å². The van der Waals surface area contributed by atoms with Crippen molar-refractivity contribution in [2.45, 2.75) is 51.5 Å². The van der Waals surface area contributed by atoms with E-state index in [1.165, 1.54) is 0 Å². The molecule has 1 saturated heterocycles. The highest BCUT2D eigenvalue weighted by molar-refractivity contribution is 6.01. The molecule has 0 aliphatic carbocycles. The lowest BCUT2D eigenvalue weighted by Crippen LogP contribution is -2.63. The lowest BCUT2D eigenvalue weighted by molar-refractivity contribution is -0.175. The van der Waals surface area contributed by atoms with Gasteiger partial charge in [-0.25, -0.2) is 9.69 Å². The molecule has 132 valence electrons. The molecule has 1 aliphatic heterocycles. The molecule has 1 heterocycles. The molecule has 6 nitrogen and oxygen atoms in total. The average molecular weight is 335 g/mol. The van der Waals surface area contributed by atoms with E-state index < -0.39 is 23.8 Å². The summed E-state index contributed by atoms with van der Waals surface area (Å²) in [4.78, 5) is 25.9. The maximum atomic E-state index is 12.4. The van der Waals surface area contributed by atoms with Crippen LogP contribution in [-0.4, -0.2) is 48.4 Å². The topological polar surface area (TPSA) is 65.1 Å². The van der Waals surface area contributed by atoms with Crippen molar-refractivity contribution < 1.29 is 23.8 Å². The molecule has 1 aromatic rings. The van der Waals surface area contributed by atoms with Crippen LogP contribution >= 0.6 is 0 Å². The molecule has 1 aromatic carbocycles. The Morgan fingerprint density at radius 3 is 2.42 bits per heavy atom.